The molecule has 25 heavy (non-hydrogen) atoms. The normalized spacial score (nSPS) is 21.2. The van der Waals surface area contributed by atoms with E-state index < -0.39 is 29.9 Å². The summed E-state index contributed by atoms with van der Waals surface area (Å²) < 4.78 is 32.0. The molecule has 0 aliphatic carbocycles. The summed E-state index contributed by atoms with van der Waals surface area (Å²) in [6.07, 6.45) is -1.87. The molecule has 0 spiro atoms. The van der Waals surface area contributed by atoms with Crippen molar-refractivity contribution in [1.82, 2.24) is 5.32 Å². The summed E-state index contributed by atoms with van der Waals surface area (Å²) in [7, 11) is 0. The second kappa shape index (κ2) is 6.80. The van der Waals surface area contributed by atoms with Crippen LogP contribution >= 0.6 is 0 Å². The summed E-state index contributed by atoms with van der Waals surface area (Å²) in [5.74, 6) is -1.84. The number of carbonyl (C=O) groups is 1. The van der Waals surface area contributed by atoms with E-state index in [1.807, 2.05) is 25.1 Å². The molecule has 0 saturated heterocycles. The van der Waals surface area contributed by atoms with E-state index in [2.05, 4.69) is 5.32 Å². The first-order valence-electron chi connectivity index (χ1n) is 8.07. The Morgan fingerprint density at radius 2 is 1.92 bits per heavy atom. The number of aliphatic hydroxyl groups excluding tert-OH is 1. The lowest BCUT2D eigenvalue weighted by atomic mass is 9.96. The van der Waals surface area contributed by atoms with E-state index in [0.717, 1.165) is 17.7 Å². The topological polar surface area (TPSA) is 58.6 Å². The van der Waals surface area contributed by atoms with Crippen LogP contribution in [0.4, 0.5) is 8.78 Å². The van der Waals surface area contributed by atoms with Crippen LogP contribution < -0.4 is 10.1 Å². The van der Waals surface area contributed by atoms with E-state index in [1.165, 1.54) is 6.07 Å². The van der Waals surface area contributed by atoms with Crippen LogP contribution in [-0.2, 0) is 4.79 Å². The highest BCUT2D eigenvalue weighted by molar-refractivity contribution is 5.83. The number of hydrogen-bond acceptors (Lipinski definition) is 3. The molecule has 1 heterocycles. The Kier molecular flexibility index (Phi) is 4.72. The molecule has 1 amide bonds. The minimum atomic E-state index is -1.17. The van der Waals surface area contributed by atoms with Gasteiger partial charge in [-0.05, 0) is 30.7 Å². The van der Waals surface area contributed by atoms with Gasteiger partial charge in [-0.3, -0.25) is 4.79 Å². The van der Waals surface area contributed by atoms with Crippen LogP contribution in [0.2, 0.25) is 0 Å². The highest BCUT2D eigenvalue weighted by Gasteiger charge is 2.37. The Balaban J connectivity index is 1.67. The van der Waals surface area contributed by atoms with Crippen LogP contribution in [-0.4, -0.2) is 23.2 Å². The molecule has 132 valence electrons. The van der Waals surface area contributed by atoms with Crippen LogP contribution in [0.3, 0.4) is 0 Å². The third-order valence-electron chi connectivity index (χ3n) is 4.50. The summed E-state index contributed by atoms with van der Waals surface area (Å²) >= 11 is 0. The van der Waals surface area contributed by atoms with Gasteiger partial charge in [-0.2, -0.15) is 0 Å². The lowest BCUT2D eigenvalue weighted by Gasteiger charge is -2.23. The summed E-state index contributed by atoms with van der Waals surface area (Å²) in [6.45, 7) is 3.49. The average molecular weight is 347 g/mol. The molecule has 0 bridgehead atoms. The average Bonchev–Trinajstić information content (AvgIpc) is 2.94. The van der Waals surface area contributed by atoms with Crippen LogP contribution in [0.1, 0.15) is 37.0 Å². The molecule has 0 fully saturated rings. The van der Waals surface area contributed by atoms with Crippen LogP contribution in [0, 0.1) is 11.6 Å². The van der Waals surface area contributed by atoms with E-state index in [9.17, 15) is 18.7 Å². The number of aliphatic hydroxyl groups is 1. The van der Waals surface area contributed by atoms with Gasteiger partial charge >= 0.3 is 0 Å². The minimum Gasteiger partial charge on any atom is -0.480 e. The Labute approximate surface area is 144 Å². The van der Waals surface area contributed by atoms with Crippen molar-refractivity contribution in [1.29, 1.82) is 0 Å². The molecule has 4 nitrogen and oxygen atoms in total. The molecule has 6 heteroatoms. The Morgan fingerprint density at radius 3 is 2.60 bits per heavy atom. The van der Waals surface area contributed by atoms with Gasteiger partial charge in [0, 0.05) is 11.5 Å². The van der Waals surface area contributed by atoms with Gasteiger partial charge in [-0.15, -0.1) is 0 Å². The van der Waals surface area contributed by atoms with Crippen molar-refractivity contribution in [3.63, 3.8) is 0 Å². The summed E-state index contributed by atoms with van der Waals surface area (Å²) in [4.78, 5) is 12.5. The highest BCUT2D eigenvalue weighted by atomic mass is 19.2. The molecule has 0 saturated carbocycles. The minimum absolute atomic E-state index is 0.121. The lowest BCUT2D eigenvalue weighted by molar-refractivity contribution is -0.129. The molecular weight excluding hydrogens is 328 g/mol. The number of nitrogens with one attached hydrogen (secondary N) is 1. The monoisotopic (exact) mass is 347 g/mol. The third-order valence-corrected chi connectivity index (χ3v) is 4.50. The number of ether oxygens (including phenoxy) is 1. The van der Waals surface area contributed by atoms with Crippen LogP contribution in [0.5, 0.6) is 5.75 Å². The van der Waals surface area contributed by atoms with Gasteiger partial charge in [0.1, 0.15) is 5.75 Å². The first-order chi connectivity index (χ1) is 11.9. The molecule has 2 aromatic rings. The second-order valence-electron chi connectivity index (χ2n) is 6.28. The fourth-order valence-corrected chi connectivity index (χ4v) is 3.02. The van der Waals surface area contributed by atoms with Crippen molar-refractivity contribution < 1.29 is 23.4 Å². The van der Waals surface area contributed by atoms with E-state index in [0.29, 0.717) is 5.75 Å². The van der Waals surface area contributed by atoms with Gasteiger partial charge in [0.05, 0.1) is 12.1 Å². The number of hydrogen-bond donors (Lipinski definition) is 2. The lowest BCUT2D eigenvalue weighted by Crippen LogP contribution is -2.45. The second-order valence-corrected chi connectivity index (χ2v) is 6.28. The molecule has 0 aromatic heterocycles. The zero-order chi connectivity index (χ0) is 18.1. The summed E-state index contributed by atoms with van der Waals surface area (Å²) in [5, 5.41) is 13.0. The SMILES string of the molecule is CC(NC(=O)C1Oc2ccccc2C1C)C(O)c1ccc(F)c(F)c1. The summed E-state index contributed by atoms with van der Waals surface area (Å²) in [5.41, 5.74) is 1.15. The van der Waals surface area contributed by atoms with Gasteiger partial charge < -0.3 is 15.2 Å². The number of fused-ring (bicyclic) bond motifs is 1. The van der Waals surface area contributed by atoms with Crippen LogP contribution in [0.15, 0.2) is 42.5 Å². The molecule has 0 radical (unpaired) electrons. The van der Waals surface area contributed by atoms with Gasteiger partial charge in [0.15, 0.2) is 17.7 Å². The maximum atomic E-state index is 13.3. The number of carbonyl (C=O) groups excluding carboxylic acids is 1. The van der Waals surface area contributed by atoms with E-state index >= 15 is 0 Å². The number of halogens is 2. The predicted octanol–water partition coefficient (Wildman–Crippen LogP) is 3.07. The largest absolute Gasteiger partial charge is 0.480 e. The number of rotatable bonds is 4. The van der Waals surface area contributed by atoms with Gasteiger partial charge in [0.2, 0.25) is 0 Å². The molecule has 1 aliphatic heterocycles. The van der Waals surface area contributed by atoms with E-state index in [4.69, 9.17) is 4.74 Å². The Hall–Kier alpha value is -2.47. The van der Waals surface area contributed by atoms with Crippen molar-refractivity contribution in [3.8, 4) is 5.75 Å². The standard InChI is InChI=1S/C19H19F2NO3/c1-10-13-5-3-4-6-16(13)25-18(10)19(24)22-11(2)17(23)12-7-8-14(20)15(21)9-12/h3-11,17-18,23H,1-2H3,(H,22,24). The van der Waals surface area contributed by atoms with Crippen molar-refractivity contribution in [3.05, 3.63) is 65.2 Å². The first-order valence-corrected chi connectivity index (χ1v) is 8.07. The van der Waals surface area contributed by atoms with Gasteiger partial charge in [0.25, 0.3) is 5.91 Å². The number of benzene rings is 2. The maximum Gasteiger partial charge on any atom is 0.262 e. The van der Waals surface area contributed by atoms with Crippen molar-refractivity contribution in [2.75, 3.05) is 0 Å². The zero-order valence-corrected chi connectivity index (χ0v) is 13.9. The van der Waals surface area contributed by atoms with Crippen LogP contribution in [0.25, 0.3) is 0 Å². The fourth-order valence-electron chi connectivity index (χ4n) is 3.02. The Morgan fingerprint density at radius 1 is 1.20 bits per heavy atom. The molecule has 2 aromatic carbocycles. The summed E-state index contributed by atoms with van der Waals surface area (Å²) in [6, 6.07) is 9.89. The molecule has 1 aliphatic rings. The van der Waals surface area contributed by atoms with Crippen molar-refractivity contribution >= 4 is 5.91 Å². The molecule has 3 rings (SSSR count). The quantitative estimate of drug-likeness (QED) is 0.894. The molecule has 2 N–H and O–H groups in total. The molecular formula is C19H19F2NO3. The maximum absolute atomic E-state index is 13.3. The van der Waals surface area contributed by atoms with E-state index in [-0.39, 0.29) is 17.4 Å². The zero-order valence-electron chi connectivity index (χ0n) is 13.9. The number of amides is 1. The molecule has 4 atom stereocenters. The smallest absolute Gasteiger partial charge is 0.262 e. The highest BCUT2D eigenvalue weighted by Crippen LogP contribution is 2.37. The molecule has 4 unspecified atom stereocenters. The predicted molar refractivity (Wildman–Crippen MR) is 88.2 cm³/mol. The van der Waals surface area contributed by atoms with Gasteiger partial charge in [-0.25, -0.2) is 8.78 Å². The van der Waals surface area contributed by atoms with Gasteiger partial charge in [-0.1, -0.05) is 31.2 Å². The van der Waals surface area contributed by atoms with Crippen molar-refractivity contribution in [2.24, 2.45) is 0 Å². The fraction of sp³-hybridized carbons (Fsp3) is 0.316. The Bertz CT molecular complexity index is 796. The van der Waals surface area contributed by atoms with E-state index in [1.54, 1.807) is 13.0 Å². The first kappa shape index (κ1) is 17.4. The third kappa shape index (κ3) is 3.35. The number of para-hydroxylation sites is 1. The van der Waals surface area contributed by atoms with Crippen molar-refractivity contribution in [2.45, 2.75) is 38.0 Å².